The number of rotatable bonds is 5. The molecule has 0 atom stereocenters. The fourth-order valence-electron chi connectivity index (χ4n) is 3.39. The van der Waals surface area contributed by atoms with E-state index in [1.54, 1.807) is 31.2 Å². The Morgan fingerprint density at radius 2 is 1.97 bits per heavy atom. The van der Waals surface area contributed by atoms with E-state index in [4.69, 9.17) is 4.52 Å². The van der Waals surface area contributed by atoms with Gasteiger partial charge in [-0.1, -0.05) is 23.4 Å². The molecule has 0 saturated carbocycles. The van der Waals surface area contributed by atoms with Crippen LogP contribution in [0.25, 0.3) is 28.5 Å². The molecule has 5 aromatic rings. The minimum atomic E-state index is -0.563. The largest absolute Gasteiger partial charge is 0.350 e. The van der Waals surface area contributed by atoms with Crippen LogP contribution in [0.4, 0.5) is 14.5 Å². The van der Waals surface area contributed by atoms with Gasteiger partial charge in [0.25, 0.3) is 5.89 Å². The molecule has 0 saturated heterocycles. The number of aromatic nitrogens is 5. The van der Waals surface area contributed by atoms with Crippen molar-refractivity contribution in [2.45, 2.75) is 13.5 Å². The second-order valence-electron chi connectivity index (χ2n) is 7.50. The zero-order chi connectivity index (χ0) is 23.8. The Morgan fingerprint density at radius 1 is 1.12 bits per heavy atom. The van der Waals surface area contributed by atoms with Gasteiger partial charge >= 0.3 is 5.69 Å². The minimum absolute atomic E-state index is 0.0709. The van der Waals surface area contributed by atoms with Gasteiger partial charge in [-0.05, 0) is 48.9 Å². The summed E-state index contributed by atoms with van der Waals surface area (Å²) in [7, 11) is 0. The van der Waals surface area contributed by atoms with Crippen molar-refractivity contribution in [1.29, 1.82) is 0 Å². The Morgan fingerprint density at radius 3 is 2.76 bits per heavy atom. The van der Waals surface area contributed by atoms with E-state index in [0.717, 1.165) is 4.68 Å². The van der Waals surface area contributed by atoms with E-state index in [-0.39, 0.29) is 23.0 Å². The summed E-state index contributed by atoms with van der Waals surface area (Å²) < 4.78 is 34.8. The molecule has 1 N–H and O–H groups in total. The average molecular weight is 462 g/mol. The van der Waals surface area contributed by atoms with Crippen LogP contribution in [0.2, 0.25) is 0 Å². The van der Waals surface area contributed by atoms with Crippen LogP contribution in [0, 0.1) is 18.6 Å². The lowest BCUT2D eigenvalue weighted by atomic mass is 10.2. The van der Waals surface area contributed by atoms with Gasteiger partial charge in [-0.25, -0.2) is 22.7 Å². The van der Waals surface area contributed by atoms with E-state index in [2.05, 4.69) is 20.6 Å². The van der Waals surface area contributed by atoms with Crippen LogP contribution in [-0.4, -0.2) is 30.2 Å². The maximum Gasteiger partial charge on any atom is 0.350 e. The van der Waals surface area contributed by atoms with E-state index in [0.29, 0.717) is 16.7 Å². The van der Waals surface area contributed by atoms with Gasteiger partial charge < -0.3 is 9.84 Å². The molecular weight excluding hydrogens is 446 g/mol. The first kappa shape index (κ1) is 21.2. The predicted molar refractivity (Wildman–Crippen MR) is 118 cm³/mol. The number of hydrogen-bond acceptors (Lipinski definition) is 6. The molecule has 1 amide bonds. The number of halogens is 2. The van der Waals surface area contributed by atoms with Crippen LogP contribution >= 0.6 is 0 Å². The molecule has 0 bridgehead atoms. The van der Waals surface area contributed by atoms with Gasteiger partial charge in [0, 0.05) is 17.4 Å². The quantitative estimate of drug-likeness (QED) is 0.429. The fraction of sp³-hybridized carbons (Fsp3) is 0.0870. The summed E-state index contributed by atoms with van der Waals surface area (Å²) in [4.78, 5) is 29.5. The predicted octanol–water partition coefficient (Wildman–Crippen LogP) is 3.44. The summed E-state index contributed by atoms with van der Waals surface area (Å²) in [6.07, 6.45) is 1.49. The highest BCUT2D eigenvalue weighted by Gasteiger charge is 2.19. The van der Waals surface area contributed by atoms with Crippen molar-refractivity contribution in [3.05, 3.63) is 88.5 Å². The van der Waals surface area contributed by atoms with Crippen molar-refractivity contribution in [3.63, 3.8) is 0 Å². The number of nitrogens with one attached hydrogen (secondary N) is 1. The minimum Gasteiger partial charge on any atom is -0.333 e. The van der Waals surface area contributed by atoms with E-state index >= 15 is 0 Å². The Hall–Kier alpha value is -4.67. The number of amides is 1. The molecule has 0 aliphatic carbocycles. The number of carbonyl (C=O) groups is 1. The molecule has 0 radical (unpaired) electrons. The third-order valence-corrected chi connectivity index (χ3v) is 5.10. The van der Waals surface area contributed by atoms with Crippen LogP contribution in [0.1, 0.15) is 5.56 Å². The summed E-state index contributed by atoms with van der Waals surface area (Å²) in [6.45, 7) is 1.22. The molecule has 5 rings (SSSR count). The highest BCUT2D eigenvalue weighted by atomic mass is 19.1. The standard InChI is InChI=1S/C23H16F2N6O3/c1-13-7-8-16(11-18(13)25)26-19(32)12-31-23(33)30-9-3-6-17(21(30)28-31)22-27-20(29-34-22)14-4-2-5-15(24)10-14/h2-11H,12H2,1H3,(H,26,32). The van der Waals surface area contributed by atoms with Gasteiger partial charge in [-0.15, -0.1) is 5.10 Å². The van der Waals surface area contributed by atoms with Crippen LogP contribution in [-0.2, 0) is 11.3 Å². The van der Waals surface area contributed by atoms with Crippen LogP contribution in [0.5, 0.6) is 0 Å². The summed E-state index contributed by atoms with van der Waals surface area (Å²) in [5.74, 6) is -1.21. The van der Waals surface area contributed by atoms with Gasteiger partial charge in [0.1, 0.15) is 18.2 Å². The molecule has 11 heteroatoms. The number of aryl methyl sites for hydroxylation is 1. The van der Waals surface area contributed by atoms with Crippen LogP contribution < -0.4 is 11.0 Å². The van der Waals surface area contributed by atoms with E-state index < -0.39 is 29.8 Å². The molecule has 9 nitrogen and oxygen atoms in total. The molecule has 2 aromatic carbocycles. The van der Waals surface area contributed by atoms with E-state index in [9.17, 15) is 18.4 Å². The number of fused-ring (bicyclic) bond motifs is 1. The monoisotopic (exact) mass is 462 g/mol. The second-order valence-corrected chi connectivity index (χ2v) is 7.50. The molecule has 0 aliphatic rings. The fourth-order valence-corrected chi connectivity index (χ4v) is 3.39. The topological polar surface area (TPSA) is 107 Å². The molecular formula is C23H16F2N6O3. The molecule has 3 aromatic heterocycles. The van der Waals surface area contributed by atoms with Crippen LogP contribution in [0.3, 0.4) is 0 Å². The summed E-state index contributed by atoms with van der Waals surface area (Å²) >= 11 is 0. The number of carbonyl (C=O) groups excluding carboxylic acids is 1. The van der Waals surface area contributed by atoms with Crippen molar-refractivity contribution in [2.24, 2.45) is 0 Å². The Bertz CT molecular complexity index is 1600. The Balaban J connectivity index is 1.44. The molecule has 170 valence electrons. The molecule has 0 aliphatic heterocycles. The van der Waals surface area contributed by atoms with Crippen molar-refractivity contribution >= 4 is 17.2 Å². The van der Waals surface area contributed by atoms with E-state index in [1.165, 1.54) is 40.9 Å². The Kier molecular flexibility index (Phi) is 5.21. The van der Waals surface area contributed by atoms with Crippen molar-refractivity contribution in [3.8, 4) is 22.8 Å². The lowest BCUT2D eigenvalue weighted by Crippen LogP contribution is -2.28. The molecule has 34 heavy (non-hydrogen) atoms. The lowest BCUT2D eigenvalue weighted by molar-refractivity contribution is -0.117. The average Bonchev–Trinajstić information content (AvgIpc) is 3.42. The number of benzene rings is 2. The first-order valence-corrected chi connectivity index (χ1v) is 10.1. The van der Waals surface area contributed by atoms with Gasteiger partial charge in [0.05, 0.1) is 5.56 Å². The second kappa shape index (κ2) is 8.35. The number of nitrogens with zero attached hydrogens (tertiary/aromatic N) is 5. The zero-order valence-corrected chi connectivity index (χ0v) is 17.7. The summed E-state index contributed by atoms with van der Waals surface area (Å²) in [6, 6.07) is 13.3. The third kappa shape index (κ3) is 3.94. The highest BCUT2D eigenvalue weighted by molar-refractivity contribution is 5.90. The van der Waals surface area contributed by atoms with Crippen molar-refractivity contribution < 1.29 is 18.1 Å². The van der Waals surface area contributed by atoms with Crippen molar-refractivity contribution in [2.75, 3.05) is 5.32 Å². The summed E-state index contributed by atoms with van der Waals surface area (Å²) in [5, 5.41) is 10.7. The van der Waals surface area contributed by atoms with Crippen molar-refractivity contribution in [1.82, 2.24) is 24.3 Å². The highest BCUT2D eigenvalue weighted by Crippen LogP contribution is 2.25. The summed E-state index contributed by atoms with van der Waals surface area (Å²) in [5.41, 5.74) is 1.12. The molecule has 0 fully saturated rings. The SMILES string of the molecule is Cc1ccc(NC(=O)Cn2nc3c(-c4nc(-c5cccc(F)c5)no4)cccn3c2=O)cc1F. The van der Waals surface area contributed by atoms with Gasteiger partial charge in [-0.3, -0.25) is 4.79 Å². The lowest BCUT2D eigenvalue weighted by Gasteiger charge is -2.05. The smallest absolute Gasteiger partial charge is 0.333 e. The first-order valence-electron chi connectivity index (χ1n) is 10.1. The maximum atomic E-state index is 13.7. The number of pyridine rings is 1. The van der Waals surface area contributed by atoms with Gasteiger partial charge in [-0.2, -0.15) is 4.98 Å². The molecule has 0 spiro atoms. The third-order valence-electron chi connectivity index (χ3n) is 5.10. The molecule has 0 unspecified atom stereocenters. The van der Waals surface area contributed by atoms with Gasteiger partial charge in [0.2, 0.25) is 11.7 Å². The maximum absolute atomic E-state index is 13.7. The normalized spacial score (nSPS) is 11.1. The number of anilines is 1. The Labute approximate surface area is 190 Å². The van der Waals surface area contributed by atoms with Crippen LogP contribution in [0.15, 0.2) is 70.1 Å². The number of hydrogen-bond donors (Lipinski definition) is 1. The zero-order valence-electron chi connectivity index (χ0n) is 17.7. The van der Waals surface area contributed by atoms with Gasteiger partial charge in [0.15, 0.2) is 5.65 Å². The molecule has 3 heterocycles. The van der Waals surface area contributed by atoms with E-state index in [1.807, 2.05) is 0 Å². The first-order chi connectivity index (χ1) is 16.4.